The Morgan fingerprint density at radius 2 is 2.00 bits per heavy atom. The van der Waals surface area contributed by atoms with Gasteiger partial charge in [0.15, 0.2) is 5.82 Å². The third kappa shape index (κ3) is 2.46. The van der Waals surface area contributed by atoms with Crippen LogP contribution in [0.4, 0.5) is 5.69 Å². The Balaban J connectivity index is 1.81. The van der Waals surface area contributed by atoms with E-state index in [0.29, 0.717) is 12.5 Å². The van der Waals surface area contributed by atoms with E-state index >= 15 is 0 Å². The summed E-state index contributed by atoms with van der Waals surface area (Å²) >= 11 is 0. The van der Waals surface area contributed by atoms with Gasteiger partial charge in [-0.25, -0.2) is 0 Å². The van der Waals surface area contributed by atoms with Gasteiger partial charge in [0.25, 0.3) is 5.89 Å². The van der Waals surface area contributed by atoms with E-state index in [0.717, 1.165) is 30.1 Å². The molecule has 100 valence electrons. The van der Waals surface area contributed by atoms with Gasteiger partial charge in [-0.1, -0.05) is 5.16 Å². The van der Waals surface area contributed by atoms with Gasteiger partial charge in [-0.15, -0.1) is 0 Å². The van der Waals surface area contributed by atoms with Crippen LogP contribution in [0.1, 0.15) is 18.2 Å². The average Bonchev–Trinajstić information content (AvgIpc) is 3.10. The number of aromatic nitrogens is 2. The first-order valence-corrected chi connectivity index (χ1v) is 6.43. The van der Waals surface area contributed by atoms with Gasteiger partial charge in [0.05, 0.1) is 6.61 Å². The first-order chi connectivity index (χ1) is 9.24. The molecule has 2 aromatic rings. The second kappa shape index (κ2) is 5.01. The molecule has 1 fully saturated rings. The molecule has 1 aromatic heterocycles. The summed E-state index contributed by atoms with van der Waals surface area (Å²) in [6.45, 7) is 1.48. The minimum absolute atomic E-state index is 0.276. The molecule has 0 radical (unpaired) electrons. The maximum Gasteiger partial charge on any atom is 0.257 e. The van der Waals surface area contributed by atoms with Gasteiger partial charge in [-0.3, -0.25) is 0 Å². The maximum atomic E-state index is 5.34. The molecular weight excluding hydrogens is 242 g/mol. The summed E-state index contributed by atoms with van der Waals surface area (Å²) < 4.78 is 10.7. The fourth-order valence-electron chi connectivity index (χ4n) is 2.16. The van der Waals surface area contributed by atoms with Crippen molar-refractivity contribution in [2.24, 2.45) is 0 Å². The molecule has 1 aliphatic heterocycles. The van der Waals surface area contributed by atoms with Crippen molar-refractivity contribution >= 4 is 5.69 Å². The number of rotatable bonds is 3. The fourth-order valence-corrected chi connectivity index (χ4v) is 2.16. The van der Waals surface area contributed by atoms with Gasteiger partial charge in [0, 0.05) is 37.9 Å². The van der Waals surface area contributed by atoms with Crippen molar-refractivity contribution in [3.05, 3.63) is 30.1 Å². The molecular formula is C14H17N3O2. The van der Waals surface area contributed by atoms with Crippen molar-refractivity contribution in [3.8, 4) is 11.5 Å². The van der Waals surface area contributed by atoms with E-state index in [4.69, 9.17) is 9.26 Å². The molecule has 2 heterocycles. The van der Waals surface area contributed by atoms with Crippen molar-refractivity contribution in [2.45, 2.75) is 12.3 Å². The topological polar surface area (TPSA) is 51.4 Å². The molecule has 0 aliphatic carbocycles. The molecule has 0 spiro atoms. The Hall–Kier alpha value is -1.88. The second-order valence-corrected chi connectivity index (χ2v) is 4.96. The standard InChI is InChI=1S/C14H17N3O2/c1-17(2)12-5-3-10(4-6-12)14-15-13(16-19-14)11-7-8-18-9-11/h3-6,11H,7-9H2,1-2H3. The van der Waals surface area contributed by atoms with Crippen LogP contribution >= 0.6 is 0 Å². The number of hydrogen-bond acceptors (Lipinski definition) is 5. The van der Waals surface area contributed by atoms with Crippen molar-refractivity contribution in [1.82, 2.24) is 10.1 Å². The largest absolute Gasteiger partial charge is 0.381 e. The zero-order valence-corrected chi connectivity index (χ0v) is 11.2. The van der Waals surface area contributed by atoms with E-state index in [9.17, 15) is 0 Å². The van der Waals surface area contributed by atoms with Crippen LogP contribution in [0.25, 0.3) is 11.5 Å². The predicted octanol–water partition coefficient (Wildman–Crippen LogP) is 2.31. The quantitative estimate of drug-likeness (QED) is 0.846. The molecule has 1 aromatic carbocycles. The lowest BCUT2D eigenvalue weighted by Crippen LogP contribution is -2.07. The number of ether oxygens (including phenoxy) is 1. The van der Waals surface area contributed by atoms with Crippen LogP contribution in [-0.2, 0) is 4.74 Å². The Labute approximate surface area is 112 Å². The zero-order valence-electron chi connectivity index (χ0n) is 11.2. The second-order valence-electron chi connectivity index (χ2n) is 4.96. The fraction of sp³-hybridized carbons (Fsp3) is 0.429. The number of anilines is 1. The molecule has 1 unspecified atom stereocenters. The Morgan fingerprint density at radius 1 is 1.21 bits per heavy atom. The van der Waals surface area contributed by atoms with E-state index in [2.05, 4.69) is 15.0 Å². The van der Waals surface area contributed by atoms with Gasteiger partial charge in [-0.2, -0.15) is 4.98 Å². The third-order valence-corrected chi connectivity index (χ3v) is 3.37. The van der Waals surface area contributed by atoms with Crippen molar-refractivity contribution < 1.29 is 9.26 Å². The smallest absolute Gasteiger partial charge is 0.257 e. The molecule has 0 saturated carbocycles. The first kappa shape index (κ1) is 12.2. The van der Waals surface area contributed by atoms with Gasteiger partial charge < -0.3 is 14.2 Å². The van der Waals surface area contributed by atoms with Crippen molar-refractivity contribution in [2.75, 3.05) is 32.2 Å². The number of hydrogen-bond donors (Lipinski definition) is 0. The zero-order chi connectivity index (χ0) is 13.2. The van der Waals surface area contributed by atoms with Crippen LogP contribution in [-0.4, -0.2) is 37.4 Å². The van der Waals surface area contributed by atoms with E-state index in [1.807, 2.05) is 38.4 Å². The SMILES string of the molecule is CN(C)c1ccc(-c2nc(C3CCOC3)no2)cc1. The van der Waals surface area contributed by atoms with Gasteiger partial charge in [0.1, 0.15) is 0 Å². The third-order valence-electron chi connectivity index (χ3n) is 3.37. The highest BCUT2D eigenvalue weighted by atomic mass is 16.5. The molecule has 5 heteroatoms. The molecule has 5 nitrogen and oxygen atoms in total. The van der Waals surface area contributed by atoms with Crippen LogP contribution in [0.15, 0.2) is 28.8 Å². The van der Waals surface area contributed by atoms with Gasteiger partial charge in [0.2, 0.25) is 0 Å². The van der Waals surface area contributed by atoms with E-state index in [1.165, 1.54) is 0 Å². The average molecular weight is 259 g/mol. The summed E-state index contributed by atoms with van der Waals surface area (Å²) in [4.78, 5) is 6.52. The highest BCUT2D eigenvalue weighted by Gasteiger charge is 2.23. The Kier molecular flexibility index (Phi) is 3.21. The number of benzene rings is 1. The van der Waals surface area contributed by atoms with Gasteiger partial charge in [-0.05, 0) is 30.7 Å². The number of nitrogens with zero attached hydrogens (tertiary/aromatic N) is 3. The highest BCUT2D eigenvalue weighted by Crippen LogP contribution is 2.26. The lowest BCUT2D eigenvalue weighted by Gasteiger charge is -2.11. The van der Waals surface area contributed by atoms with Gasteiger partial charge >= 0.3 is 0 Å². The van der Waals surface area contributed by atoms with E-state index in [-0.39, 0.29) is 5.92 Å². The monoisotopic (exact) mass is 259 g/mol. The van der Waals surface area contributed by atoms with Crippen LogP contribution in [0.3, 0.4) is 0 Å². The Morgan fingerprint density at radius 3 is 2.63 bits per heavy atom. The maximum absolute atomic E-state index is 5.34. The van der Waals surface area contributed by atoms with E-state index in [1.54, 1.807) is 0 Å². The highest BCUT2D eigenvalue weighted by molar-refractivity contribution is 5.58. The minimum atomic E-state index is 0.276. The minimum Gasteiger partial charge on any atom is -0.381 e. The summed E-state index contributed by atoms with van der Waals surface area (Å²) in [5.74, 6) is 1.61. The molecule has 0 bridgehead atoms. The molecule has 1 aliphatic rings. The molecule has 1 saturated heterocycles. The predicted molar refractivity (Wildman–Crippen MR) is 72.2 cm³/mol. The molecule has 19 heavy (non-hydrogen) atoms. The van der Waals surface area contributed by atoms with Crippen LogP contribution in [0.2, 0.25) is 0 Å². The summed E-state index contributed by atoms with van der Waals surface area (Å²) in [5.41, 5.74) is 2.09. The lowest BCUT2D eigenvalue weighted by atomic mass is 10.1. The van der Waals surface area contributed by atoms with Crippen molar-refractivity contribution in [1.29, 1.82) is 0 Å². The summed E-state index contributed by atoms with van der Waals surface area (Å²) in [6.07, 6.45) is 0.971. The van der Waals surface area contributed by atoms with Crippen LogP contribution in [0.5, 0.6) is 0 Å². The van der Waals surface area contributed by atoms with Crippen molar-refractivity contribution in [3.63, 3.8) is 0 Å². The van der Waals surface area contributed by atoms with Crippen LogP contribution in [0, 0.1) is 0 Å². The van der Waals surface area contributed by atoms with E-state index < -0.39 is 0 Å². The molecule has 0 amide bonds. The summed E-state index contributed by atoms with van der Waals surface area (Å²) in [7, 11) is 4.03. The summed E-state index contributed by atoms with van der Waals surface area (Å²) in [5, 5.41) is 4.06. The molecule has 1 atom stereocenters. The Bertz CT molecular complexity index is 542. The first-order valence-electron chi connectivity index (χ1n) is 6.43. The lowest BCUT2D eigenvalue weighted by molar-refractivity contribution is 0.192. The van der Waals surface area contributed by atoms with Crippen LogP contribution < -0.4 is 4.90 Å². The molecule has 0 N–H and O–H groups in total. The molecule has 3 rings (SSSR count). The normalized spacial score (nSPS) is 18.7. The summed E-state index contributed by atoms with van der Waals surface area (Å²) in [6, 6.07) is 8.07.